The molecule has 4 aromatic rings. The number of aromatic nitrogens is 3. The number of sulfonamides is 1. The van der Waals surface area contributed by atoms with Crippen LogP contribution in [-0.2, 0) is 21.5 Å². The van der Waals surface area contributed by atoms with Crippen LogP contribution in [-0.4, -0.2) is 36.0 Å². The second-order valence-corrected chi connectivity index (χ2v) is 8.75. The smallest absolute Gasteiger partial charge is 0.339 e. The lowest BCUT2D eigenvalue weighted by molar-refractivity contribution is 0.0336. The van der Waals surface area contributed by atoms with Gasteiger partial charge in [0.05, 0.1) is 22.5 Å². The Balaban J connectivity index is 1.47. The molecule has 0 radical (unpaired) electrons. The quantitative estimate of drug-likeness (QED) is 0.381. The highest BCUT2D eigenvalue weighted by Gasteiger charge is 2.18. The highest BCUT2D eigenvalue weighted by atomic mass is 32.2. The molecule has 174 valence electrons. The van der Waals surface area contributed by atoms with Crippen molar-refractivity contribution in [2.75, 3.05) is 11.3 Å². The van der Waals surface area contributed by atoms with Gasteiger partial charge in [0.25, 0.3) is 15.6 Å². The zero-order valence-corrected chi connectivity index (χ0v) is 18.9. The molecule has 1 heterocycles. The number of carbonyl (C=O) groups is 1. The average molecular weight is 481 g/mol. The van der Waals surface area contributed by atoms with E-state index in [4.69, 9.17) is 9.47 Å². The monoisotopic (exact) mass is 480 g/mol. The minimum atomic E-state index is -3.97. The fourth-order valence-corrected chi connectivity index (χ4v) is 4.21. The van der Waals surface area contributed by atoms with Crippen LogP contribution in [0.4, 0.5) is 5.69 Å². The normalized spacial score (nSPS) is 11.2. The number of benzene rings is 3. The number of anilines is 1. The number of esters is 1. The molecule has 34 heavy (non-hydrogen) atoms. The molecule has 0 unspecified atom stereocenters. The minimum Gasteiger partial charge on any atom is -0.494 e. The summed E-state index contributed by atoms with van der Waals surface area (Å²) < 4.78 is 39.4. The number of nitrogens with zero attached hydrogens (tertiary/aromatic N) is 3. The number of nitrogens with one attached hydrogen (secondary N) is 1. The summed E-state index contributed by atoms with van der Waals surface area (Å²) in [6.07, 6.45) is 0. The molecule has 0 saturated heterocycles. The fraction of sp³-hybridized carbons (Fsp3) is 0.130. The summed E-state index contributed by atoms with van der Waals surface area (Å²) in [5.41, 5.74) is 0.296. The Morgan fingerprint density at radius 2 is 1.79 bits per heavy atom. The standard InChI is InChI=1S/C23H20N4O6S/c1-2-32-18-12-10-17(11-13-18)25-34(30,31)19-7-5-6-16(14-19)23(29)33-15-27-22(28)20-8-3-4-9-21(20)24-26-27/h3-14,25H,2,15H2,1H3. The Labute approximate surface area is 194 Å². The van der Waals surface area contributed by atoms with Gasteiger partial charge in [0, 0.05) is 5.69 Å². The lowest BCUT2D eigenvalue weighted by Crippen LogP contribution is -2.26. The van der Waals surface area contributed by atoms with Crippen LogP contribution in [0, 0.1) is 0 Å². The Hall–Kier alpha value is -4.25. The first-order chi connectivity index (χ1) is 16.4. The van der Waals surface area contributed by atoms with Gasteiger partial charge in [-0.05, 0) is 61.5 Å². The van der Waals surface area contributed by atoms with Crippen LogP contribution < -0.4 is 15.0 Å². The van der Waals surface area contributed by atoms with Gasteiger partial charge in [0.2, 0.25) is 0 Å². The maximum absolute atomic E-state index is 12.8. The molecule has 3 aromatic carbocycles. The molecule has 0 aliphatic heterocycles. The highest BCUT2D eigenvalue weighted by Crippen LogP contribution is 2.20. The zero-order valence-electron chi connectivity index (χ0n) is 18.0. The molecule has 11 heteroatoms. The Kier molecular flexibility index (Phi) is 6.55. The first-order valence-electron chi connectivity index (χ1n) is 10.2. The van der Waals surface area contributed by atoms with Crippen LogP contribution in [0.15, 0.2) is 82.5 Å². The molecule has 0 amide bonds. The summed E-state index contributed by atoms with van der Waals surface area (Å²) in [4.78, 5) is 24.9. The molecule has 1 aromatic heterocycles. The molecule has 0 saturated carbocycles. The molecule has 1 N–H and O–H groups in total. The number of hydrogen-bond acceptors (Lipinski definition) is 8. The zero-order chi connectivity index (χ0) is 24.1. The summed E-state index contributed by atoms with van der Waals surface area (Å²) in [7, 11) is -3.97. The van der Waals surface area contributed by atoms with Gasteiger partial charge in [-0.3, -0.25) is 9.52 Å². The van der Waals surface area contributed by atoms with Gasteiger partial charge in [-0.2, -0.15) is 4.68 Å². The van der Waals surface area contributed by atoms with E-state index in [0.717, 1.165) is 4.68 Å². The van der Waals surface area contributed by atoms with Crippen molar-refractivity contribution >= 4 is 32.6 Å². The number of hydrogen-bond donors (Lipinski definition) is 1. The van der Waals surface area contributed by atoms with E-state index < -0.39 is 28.3 Å². The van der Waals surface area contributed by atoms with Crippen molar-refractivity contribution in [3.8, 4) is 5.75 Å². The molecule has 0 aliphatic rings. The third-order valence-electron chi connectivity index (χ3n) is 4.74. The van der Waals surface area contributed by atoms with Gasteiger partial charge in [0.15, 0.2) is 6.73 Å². The van der Waals surface area contributed by atoms with Crippen LogP contribution >= 0.6 is 0 Å². The maximum atomic E-state index is 12.8. The SMILES string of the molecule is CCOc1ccc(NS(=O)(=O)c2cccc(C(=O)OCn3nnc4ccccc4c3=O)c2)cc1. The summed E-state index contributed by atoms with van der Waals surface area (Å²) in [5, 5.41) is 8.01. The Bertz CT molecular complexity index is 1500. The van der Waals surface area contributed by atoms with E-state index in [2.05, 4.69) is 15.0 Å². The fourth-order valence-electron chi connectivity index (χ4n) is 3.10. The van der Waals surface area contributed by atoms with Gasteiger partial charge in [0.1, 0.15) is 11.3 Å². The van der Waals surface area contributed by atoms with E-state index in [1.54, 1.807) is 48.5 Å². The van der Waals surface area contributed by atoms with Crippen molar-refractivity contribution in [2.24, 2.45) is 0 Å². The lowest BCUT2D eigenvalue weighted by Gasteiger charge is -2.11. The number of fused-ring (bicyclic) bond motifs is 1. The van der Waals surface area contributed by atoms with E-state index in [0.29, 0.717) is 28.9 Å². The van der Waals surface area contributed by atoms with Gasteiger partial charge in [-0.1, -0.05) is 23.4 Å². The van der Waals surface area contributed by atoms with Gasteiger partial charge in [-0.15, -0.1) is 5.10 Å². The highest BCUT2D eigenvalue weighted by molar-refractivity contribution is 7.92. The van der Waals surface area contributed by atoms with Crippen molar-refractivity contribution in [3.05, 3.63) is 88.7 Å². The van der Waals surface area contributed by atoms with Gasteiger partial charge >= 0.3 is 5.97 Å². The summed E-state index contributed by atoms with van der Waals surface area (Å²) in [6, 6.07) is 18.5. The molecule has 0 bridgehead atoms. The lowest BCUT2D eigenvalue weighted by atomic mass is 10.2. The van der Waals surface area contributed by atoms with Crippen LogP contribution in [0.3, 0.4) is 0 Å². The third kappa shape index (κ3) is 5.04. The second-order valence-electron chi connectivity index (χ2n) is 7.06. The second kappa shape index (κ2) is 9.71. The van der Waals surface area contributed by atoms with Crippen molar-refractivity contribution in [2.45, 2.75) is 18.6 Å². The van der Waals surface area contributed by atoms with E-state index in [-0.39, 0.29) is 10.5 Å². The first kappa shape index (κ1) is 22.9. The number of carbonyl (C=O) groups excluding carboxylic acids is 1. The third-order valence-corrected chi connectivity index (χ3v) is 6.12. The van der Waals surface area contributed by atoms with E-state index in [9.17, 15) is 18.0 Å². The average Bonchev–Trinajstić information content (AvgIpc) is 2.85. The topological polar surface area (TPSA) is 129 Å². The molecule has 0 aliphatic carbocycles. The van der Waals surface area contributed by atoms with Crippen LogP contribution in [0.5, 0.6) is 5.75 Å². The summed E-state index contributed by atoms with van der Waals surface area (Å²) >= 11 is 0. The Morgan fingerprint density at radius 3 is 2.56 bits per heavy atom. The van der Waals surface area contributed by atoms with Crippen molar-refractivity contribution in [1.82, 2.24) is 15.0 Å². The summed E-state index contributed by atoms with van der Waals surface area (Å²) in [5.74, 6) is -0.203. The largest absolute Gasteiger partial charge is 0.494 e. The van der Waals surface area contributed by atoms with E-state index >= 15 is 0 Å². The van der Waals surface area contributed by atoms with Gasteiger partial charge < -0.3 is 9.47 Å². The van der Waals surface area contributed by atoms with Crippen LogP contribution in [0.2, 0.25) is 0 Å². The predicted molar refractivity (Wildman–Crippen MR) is 124 cm³/mol. The summed E-state index contributed by atoms with van der Waals surface area (Å²) in [6.45, 7) is 1.87. The molecular formula is C23H20N4O6S. The molecule has 10 nitrogen and oxygen atoms in total. The minimum absolute atomic E-state index is 0.00336. The first-order valence-corrected chi connectivity index (χ1v) is 11.7. The van der Waals surface area contributed by atoms with Crippen molar-refractivity contribution < 1.29 is 22.7 Å². The molecule has 0 spiro atoms. The van der Waals surface area contributed by atoms with Gasteiger partial charge in [-0.25, -0.2) is 13.2 Å². The molecule has 0 fully saturated rings. The van der Waals surface area contributed by atoms with Crippen LogP contribution in [0.1, 0.15) is 17.3 Å². The Morgan fingerprint density at radius 1 is 1.03 bits per heavy atom. The molecular weight excluding hydrogens is 460 g/mol. The van der Waals surface area contributed by atoms with E-state index in [1.165, 1.54) is 24.3 Å². The maximum Gasteiger partial charge on any atom is 0.339 e. The molecule has 4 rings (SSSR count). The number of ether oxygens (including phenoxy) is 2. The predicted octanol–water partition coefficient (Wildman–Crippen LogP) is 2.81. The number of rotatable bonds is 8. The van der Waals surface area contributed by atoms with Crippen molar-refractivity contribution in [1.29, 1.82) is 0 Å². The molecule has 0 atom stereocenters. The van der Waals surface area contributed by atoms with Crippen molar-refractivity contribution in [3.63, 3.8) is 0 Å². The van der Waals surface area contributed by atoms with E-state index in [1.807, 2.05) is 6.92 Å². The van der Waals surface area contributed by atoms with Crippen LogP contribution in [0.25, 0.3) is 10.9 Å².